The Labute approximate surface area is 164 Å². The van der Waals surface area contributed by atoms with E-state index in [1.54, 1.807) is 25.1 Å². The fourth-order valence-corrected chi connectivity index (χ4v) is 3.57. The molecule has 8 heteroatoms. The molecule has 3 rings (SSSR count). The fourth-order valence-electron chi connectivity index (χ4n) is 2.95. The number of rotatable bonds is 6. The summed E-state index contributed by atoms with van der Waals surface area (Å²) in [6, 6.07) is 12.6. The Morgan fingerprint density at radius 2 is 1.86 bits per heavy atom. The lowest BCUT2D eigenvalue weighted by atomic mass is 10.1. The first kappa shape index (κ1) is 19.9. The first-order valence-corrected chi connectivity index (χ1v) is 10.6. The highest BCUT2D eigenvalue weighted by Crippen LogP contribution is 2.28. The lowest BCUT2D eigenvalue weighted by molar-refractivity contribution is 0.0996. The maximum absolute atomic E-state index is 12.9. The summed E-state index contributed by atoms with van der Waals surface area (Å²) in [6.07, 6.45) is 1.08. The van der Waals surface area contributed by atoms with Gasteiger partial charge in [-0.2, -0.15) is 0 Å². The van der Waals surface area contributed by atoms with Crippen LogP contribution in [0.5, 0.6) is 0 Å². The molecule has 1 amide bonds. The largest absolute Gasteiger partial charge is 0.451 e. The Morgan fingerprint density at radius 3 is 2.54 bits per heavy atom. The van der Waals surface area contributed by atoms with Gasteiger partial charge in [0.2, 0.25) is 10.0 Å². The SMILES string of the molecule is Cc1ccc(NC(=O)c2oc3ccccc3c2CN(C)C)cc1NS(C)(=O)=O. The normalized spacial score (nSPS) is 11.8. The molecule has 0 aliphatic carbocycles. The minimum Gasteiger partial charge on any atom is -0.451 e. The van der Waals surface area contributed by atoms with Crippen molar-refractivity contribution in [2.45, 2.75) is 13.5 Å². The summed E-state index contributed by atoms with van der Waals surface area (Å²) in [5.41, 5.74) is 3.09. The van der Waals surface area contributed by atoms with Crippen molar-refractivity contribution in [1.29, 1.82) is 0 Å². The summed E-state index contributed by atoms with van der Waals surface area (Å²) in [6.45, 7) is 2.34. The van der Waals surface area contributed by atoms with Crippen LogP contribution in [0.3, 0.4) is 0 Å². The predicted octanol–water partition coefficient (Wildman–Crippen LogP) is 3.43. The zero-order valence-electron chi connectivity index (χ0n) is 16.2. The van der Waals surface area contributed by atoms with Gasteiger partial charge in [-0.1, -0.05) is 24.3 Å². The lowest BCUT2D eigenvalue weighted by Gasteiger charge is -2.12. The predicted molar refractivity (Wildman–Crippen MR) is 111 cm³/mol. The molecule has 0 unspecified atom stereocenters. The van der Waals surface area contributed by atoms with E-state index in [9.17, 15) is 13.2 Å². The van der Waals surface area contributed by atoms with Gasteiger partial charge < -0.3 is 14.6 Å². The van der Waals surface area contributed by atoms with E-state index in [1.165, 1.54) is 0 Å². The molecule has 0 fully saturated rings. The van der Waals surface area contributed by atoms with Gasteiger partial charge in [0.05, 0.1) is 11.9 Å². The van der Waals surface area contributed by atoms with Gasteiger partial charge in [0.15, 0.2) is 5.76 Å². The topological polar surface area (TPSA) is 91.7 Å². The number of fused-ring (bicyclic) bond motifs is 1. The Morgan fingerprint density at radius 1 is 1.14 bits per heavy atom. The molecule has 0 aliphatic rings. The second kappa shape index (κ2) is 7.65. The van der Waals surface area contributed by atoms with Crippen LogP contribution in [0.15, 0.2) is 46.9 Å². The van der Waals surface area contributed by atoms with Crippen LogP contribution in [0.2, 0.25) is 0 Å². The second-order valence-electron chi connectivity index (χ2n) is 7.00. The number of anilines is 2. The molecule has 0 spiro atoms. The number of sulfonamides is 1. The highest BCUT2D eigenvalue weighted by molar-refractivity contribution is 7.92. The van der Waals surface area contributed by atoms with E-state index in [0.29, 0.717) is 23.5 Å². The summed E-state index contributed by atoms with van der Waals surface area (Å²) < 4.78 is 31.3. The van der Waals surface area contributed by atoms with Crippen LogP contribution in [0, 0.1) is 6.92 Å². The van der Waals surface area contributed by atoms with Crippen molar-refractivity contribution in [3.05, 3.63) is 59.4 Å². The minimum atomic E-state index is -3.42. The molecule has 28 heavy (non-hydrogen) atoms. The van der Waals surface area contributed by atoms with Crippen molar-refractivity contribution in [2.24, 2.45) is 0 Å². The number of nitrogens with one attached hydrogen (secondary N) is 2. The number of hydrogen-bond donors (Lipinski definition) is 2. The summed E-state index contributed by atoms with van der Waals surface area (Å²) in [5, 5.41) is 3.69. The van der Waals surface area contributed by atoms with Crippen LogP contribution in [0.4, 0.5) is 11.4 Å². The number of amides is 1. The van der Waals surface area contributed by atoms with Gasteiger partial charge in [-0.15, -0.1) is 0 Å². The number of hydrogen-bond acceptors (Lipinski definition) is 5. The van der Waals surface area contributed by atoms with E-state index < -0.39 is 10.0 Å². The highest BCUT2D eigenvalue weighted by Gasteiger charge is 2.21. The first-order chi connectivity index (χ1) is 13.1. The summed E-state index contributed by atoms with van der Waals surface area (Å²) in [5.74, 6) is -0.143. The van der Waals surface area contributed by atoms with E-state index in [0.717, 1.165) is 22.8 Å². The fraction of sp³-hybridized carbons (Fsp3) is 0.250. The second-order valence-corrected chi connectivity index (χ2v) is 8.75. The van der Waals surface area contributed by atoms with Crippen molar-refractivity contribution in [3.8, 4) is 0 Å². The van der Waals surface area contributed by atoms with Crippen molar-refractivity contribution < 1.29 is 17.6 Å². The van der Waals surface area contributed by atoms with E-state index >= 15 is 0 Å². The molecule has 148 valence electrons. The minimum absolute atomic E-state index is 0.244. The number of para-hydroxylation sites is 1. The van der Waals surface area contributed by atoms with Crippen LogP contribution >= 0.6 is 0 Å². The third-order valence-corrected chi connectivity index (χ3v) is 4.76. The summed E-state index contributed by atoms with van der Waals surface area (Å²) in [7, 11) is 0.425. The molecule has 7 nitrogen and oxygen atoms in total. The third-order valence-electron chi connectivity index (χ3n) is 4.17. The van der Waals surface area contributed by atoms with Crippen molar-refractivity contribution in [1.82, 2.24) is 4.90 Å². The van der Waals surface area contributed by atoms with Crippen LogP contribution < -0.4 is 10.0 Å². The monoisotopic (exact) mass is 401 g/mol. The first-order valence-electron chi connectivity index (χ1n) is 8.69. The van der Waals surface area contributed by atoms with E-state index in [2.05, 4.69) is 10.0 Å². The molecule has 3 aromatic rings. The average Bonchev–Trinajstić information content (AvgIpc) is 2.95. The van der Waals surface area contributed by atoms with Gasteiger partial charge in [0.25, 0.3) is 5.91 Å². The van der Waals surface area contributed by atoms with Gasteiger partial charge in [-0.3, -0.25) is 9.52 Å². The van der Waals surface area contributed by atoms with E-state index in [-0.39, 0.29) is 11.7 Å². The number of carbonyl (C=O) groups excluding carboxylic acids is 1. The van der Waals surface area contributed by atoms with Crippen molar-refractivity contribution in [3.63, 3.8) is 0 Å². The molecule has 0 radical (unpaired) electrons. The molecule has 0 bridgehead atoms. The van der Waals surface area contributed by atoms with Gasteiger partial charge >= 0.3 is 0 Å². The number of nitrogens with zero attached hydrogens (tertiary/aromatic N) is 1. The van der Waals surface area contributed by atoms with Crippen LogP contribution in [0.1, 0.15) is 21.7 Å². The zero-order valence-corrected chi connectivity index (χ0v) is 17.1. The zero-order chi connectivity index (χ0) is 20.5. The van der Waals surface area contributed by atoms with Crippen LogP contribution in [0.25, 0.3) is 11.0 Å². The molecule has 2 aromatic carbocycles. The maximum atomic E-state index is 12.9. The maximum Gasteiger partial charge on any atom is 0.291 e. The molecule has 1 heterocycles. The summed E-state index contributed by atoms with van der Waals surface area (Å²) in [4.78, 5) is 14.9. The Bertz CT molecular complexity index is 1130. The van der Waals surface area contributed by atoms with E-state index in [4.69, 9.17) is 4.42 Å². The van der Waals surface area contributed by atoms with Crippen LogP contribution in [-0.2, 0) is 16.6 Å². The molecule has 1 aromatic heterocycles. The quantitative estimate of drug-likeness (QED) is 0.660. The summed E-state index contributed by atoms with van der Waals surface area (Å²) >= 11 is 0. The number of aryl methyl sites for hydroxylation is 1. The molecule has 0 aliphatic heterocycles. The van der Waals surface area contributed by atoms with E-state index in [1.807, 2.05) is 43.3 Å². The Kier molecular flexibility index (Phi) is 5.44. The van der Waals surface area contributed by atoms with Crippen LogP contribution in [-0.4, -0.2) is 39.6 Å². The van der Waals surface area contributed by atoms with Crippen molar-refractivity contribution in [2.75, 3.05) is 30.4 Å². The van der Waals surface area contributed by atoms with Gasteiger partial charge in [0.1, 0.15) is 5.58 Å². The molecule has 0 saturated carbocycles. The number of benzene rings is 2. The highest BCUT2D eigenvalue weighted by atomic mass is 32.2. The molecule has 2 N–H and O–H groups in total. The Balaban J connectivity index is 1.94. The standard InChI is InChI=1S/C20H23N3O4S/c1-13-9-10-14(11-17(13)22-28(4,25)26)21-20(24)19-16(12-23(2)3)15-7-5-6-8-18(15)27-19/h5-11,22H,12H2,1-4H3,(H,21,24). The molecular weight excluding hydrogens is 378 g/mol. The molecule has 0 atom stereocenters. The number of furan rings is 1. The third kappa shape index (κ3) is 4.52. The van der Waals surface area contributed by atoms with Gasteiger partial charge in [-0.25, -0.2) is 8.42 Å². The molecular formula is C20H23N3O4S. The smallest absolute Gasteiger partial charge is 0.291 e. The van der Waals surface area contributed by atoms with Crippen molar-refractivity contribution >= 4 is 38.3 Å². The average molecular weight is 401 g/mol. The van der Waals surface area contributed by atoms with Gasteiger partial charge in [0, 0.05) is 23.2 Å². The lowest BCUT2D eigenvalue weighted by Crippen LogP contribution is -2.17. The molecule has 0 saturated heterocycles. The van der Waals surface area contributed by atoms with Gasteiger partial charge in [-0.05, 0) is 44.8 Å². The Hall–Kier alpha value is -2.84. The number of carbonyl (C=O) groups is 1.